The molecule has 1 rings (SSSR count). The van der Waals surface area contributed by atoms with E-state index in [0.29, 0.717) is 18.0 Å². The lowest BCUT2D eigenvalue weighted by Gasteiger charge is -2.08. The Bertz CT molecular complexity index is 375. The third-order valence-corrected chi connectivity index (χ3v) is 2.70. The number of Topliss-reactive ketones (excluding diaryl/α,β-unsaturated/α-hetero) is 1. The summed E-state index contributed by atoms with van der Waals surface area (Å²) in [6, 6.07) is -0.454. The predicted molar refractivity (Wildman–Crippen MR) is 67.3 cm³/mol. The minimum absolute atomic E-state index is 0.0559. The summed E-state index contributed by atoms with van der Waals surface area (Å²) in [6.07, 6.45) is 4.53. The lowest BCUT2D eigenvalue weighted by Crippen LogP contribution is -2.32. The second kappa shape index (κ2) is 7.65. The SMILES string of the molecule is CC(=N)CCCCC[C@@H](N)C(=O)Cc1nn[nH]n1. The first-order chi connectivity index (χ1) is 8.59. The molecule has 0 spiro atoms. The molecule has 0 aromatic carbocycles. The van der Waals surface area contributed by atoms with Gasteiger partial charge in [-0.2, -0.15) is 5.21 Å². The van der Waals surface area contributed by atoms with Gasteiger partial charge < -0.3 is 11.1 Å². The molecule has 4 N–H and O–H groups in total. The molecule has 0 fully saturated rings. The Hall–Kier alpha value is -1.63. The van der Waals surface area contributed by atoms with Gasteiger partial charge in [0.15, 0.2) is 11.6 Å². The van der Waals surface area contributed by atoms with Crippen LogP contribution >= 0.6 is 0 Å². The highest BCUT2D eigenvalue weighted by Gasteiger charge is 2.15. The molecule has 0 radical (unpaired) electrons. The zero-order valence-corrected chi connectivity index (χ0v) is 10.6. The van der Waals surface area contributed by atoms with Gasteiger partial charge in [0.05, 0.1) is 12.5 Å². The Morgan fingerprint density at radius 1 is 1.44 bits per heavy atom. The molecule has 0 aliphatic rings. The van der Waals surface area contributed by atoms with Crippen LogP contribution in [0.1, 0.15) is 44.9 Å². The zero-order valence-electron chi connectivity index (χ0n) is 10.6. The van der Waals surface area contributed by atoms with Crippen molar-refractivity contribution in [1.82, 2.24) is 20.6 Å². The standard InChI is InChI=1S/C11H20N6O/c1-8(12)5-3-2-4-6-9(13)10(18)7-11-14-16-17-15-11/h9,12H,2-7,13H2,1H3,(H,14,15,16,17)/t9-/m1/s1. The van der Waals surface area contributed by atoms with Crippen molar-refractivity contribution in [2.45, 2.75) is 51.5 Å². The van der Waals surface area contributed by atoms with Crippen LogP contribution in [0.4, 0.5) is 0 Å². The predicted octanol–water partition coefficient (Wildman–Crippen LogP) is 0.629. The number of carbonyl (C=O) groups excluding carboxylic acids is 1. The van der Waals surface area contributed by atoms with E-state index in [1.54, 1.807) is 6.92 Å². The van der Waals surface area contributed by atoms with Crippen molar-refractivity contribution < 1.29 is 4.79 Å². The smallest absolute Gasteiger partial charge is 0.181 e. The van der Waals surface area contributed by atoms with E-state index >= 15 is 0 Å². The zero-order chi connectivity index (χ0) is 13.4. The summed E-state index contributed by atoms with van der Waals surface area (Å²) in [5.74, 6) is 0.328. The number of hydrogen-bond donors (Lipinski definition) is 3. The van der Waals surface area contributed by atoms with Crippen LogP contribution < -0.4 is 5.73 Å². The van der Waals surface area contributed by atoms with Crippen molar-refractivity contribution in [2.24, 2.45) is 5.73 Å². The van der Waals surface area contributed by atoms with Gasteiger partial charge in [-0.1, -0.05) is 18.1 Å². The largest absolute Gasteiger partial charge is 0.321 e. The van der Waals surface area contributed by atoms with Crippen LogP contribution in [0.25, 0.3) is 0 Å². The van der Waals surface area contributed by atoms with Crippen molar-refractivity contribution in [1.29, 1.82) is 5.41 Å². The summed E-state index contributed by atoms with van der Waals surface area (Å²) >= 11 is 0. The lowest BCUT2D eigenvalue weighted by molar-refractivity contribution is -0.119. The third-order valence-electron chi connectivity index (χ3n) is 2.70. The number of unbranched alkanes of at least 4 members (excludes halogenated alkanes) is 2. The highest BCUT2D eigenvalue weighted by molar-refractivity contribution is 5.85. The van der Waals surface area contributed by atoms with Crippen LogP contribution in [-0.4, -0.2) is 38.2 Å². The number of nitrogens with zero attached hydrogens (tertiary/aromatic N) is 3. The van der Waals surface area contributed by atoms with Crippen molar-refractivity contribution in [3.63, 3.8) is 0 Å². The molecule has 1 aromatic heterocycles. The first kappa shape index (κ1) is 14.4. The molecule has 7 nitrogen and oxygen atoms in total. The second-order valence-corrected chi connectivity index (χ2v) is 4.46. The number of aromatic amines is 1. The van der Waals surface area contributed by atoms with Gasteiger partial charge in [-0.05, 0) is 26.2 Å². The average molecular weight is 252 g/mol. The van der Waals surface area contributed by atoms with Crippen LogP contribution in [0.2, 0.25) is 0 Å². The van der Waals surface area contributed by atoms with E-state index in [-0.39, 0.29) is 12.2 Å². The summed E-state index contributed by atoms with van der Waals surface area (Å²) in [4.78, 5) is 11.7. The Balaban J connectivity index is 2.14. The first-order valence-corrected chi connectivity index (χ1v) is 6.14. The molecule has 1 aromatic rings. The van der Waals surface area contributed by atoms with Crippen molar-refractivity contribution >= 4 is 11.5 Å². The quantitative estimate of drug-likeness (QED) is 0.439. The number of nitrogens with one attached hydrogen (secondary N) is 2. The second-order valence-electron chi connectivity index (χ2n) is 4.46. The van der Waals surface area contributed by atoms with Gasteiger partial charge in [0.2, 0.25) is 0 Å². The minimum atomic E-state index is -0.454. The maximum Gasteiger partial charge on any atom is 0.181 e. The Labute approximate surface area is 106 Å². The van der Waals surface area contributed by atoms with Crippen molar-refractivity contribution in [3.8, 4) is 0 Å². The van der Waals surface area contributed by atoms with Crippen LogP contribution in [0, 0.1) is 5.41 Å². The summed E-state index contributed by atoms with van der Waals surface area (Å²) in [5, 5.41) is 20.4. The van der Waals surface area contributed by atoms with Gasteiger partial charge in [-0.25, -0.2) is 0 Å². The van der Waals surface area contributed by atoms with E-state index in [0.717, 1.165) is 25.7 Å². The van der Waals surface area contributed by atoms with Crippen LogP contribution in [0.15, 0.2) is 0 Å². The molecular weight excluding hydrogens is 232 g/mol. The molecule has 0 saturated carbocycles. The van der Waals surface area contributed by atoms with Crippen LogP contribution in [0.5, 0.6) is 0 Å². The van der Waals surface area contributed by atoms with E-state index in [4.69, 9.17) is 11.1 Å². The third kappa shape index (κ3) is 5.62. The molecule has 0 saturated heterocycles. The highest BCUT2D eigenvalue weighted by Crippen LogP contribution is 2.07. The summed E-state index contributed by atoms with van der Waals surface area (Å²) in [7, 11) is 0. The van der Waals surface area contributed by atoms with E-state index in [1.165, 1.54) is 0 Å². The maximum absolute atomic E-state index is 11.7. The number of hydrogen-bond acceptors (Lipinski definition) is 6. The summed E-state index contributed by atoms with van der Waals surface area (Å²) < 4.78 is 0. The fourth-order valence-electron chi connectivity index (χ4n) is 1.64. The van der Waals surface area contributed by atoms with E-state index in [1.807, 2.05) is 0 Å². The van der Waals surface area contributed by atoms with Gasteiger partial charge in [-0.3, -0.25) is 4.79 Å². The maximum atomic E-state index is 11.7. The highest BCUT2D eigenvalue weighted by atomic mass is 16.1. The van der Waals surface area contributed by atoms with E-state index in [9.17, 15) is 4.79 Å². The van der Waals surface area contributed by atoms with Gasteiger partial charge >= 0.3 is 0 Å². The molecule has 7 heteroatoms. The Morgan fingerprint density at radius 3 is 2.83 bits per heavy atom. The fourth-order valence-corrected chi connectivity index (χ4v) is 1.64. The van der Waals surface area contributed by atoms with Crippen LogP contribution in [0.3, 0.4) is 0 Å². The molecule has 0 amide bonds. The van der Waals surface area contributed by atoms with Crippen LogP contribution in [-0.2, 0) is 11.2 Å². The number of H-pyrrole nitrogens is 1. The van der Waals surface area contributed by atoms with Gasteiger partial charge in [-0.15, -0.1) is 10.2 Å². The van der Waals surface area contributed by atoms with Crippen molar-refractivity contribution in [2.75, 3.05) is 0 Å². The molecule has 1 atom stereocenters. The monoisotopic (exact) mass is 252 g/mol. The molecule has 0 unspecified atom stereocenters. The number of tetrazole rings is 1. The van der Waals surface area contributed by atoms with Gasteiger partial charge in [0, 0.05) is 5.71 Å². The molecule has 0 aliphatic carbocycles. The number of aromatic nitrogens is 4. The number of rotatable bonds is 9. The number of nitrogens with two attached hydrogens (primary N) is 1. The lowest BCUT2D eigenvalue weighted by atomic mass is 10.0. The normalized spacial score (nSPS) is 12.3. The van der Waals surface area contributed by atoms with Gasteiger partial charge in [0.25, 0.3) is 0 Å². The molecule has 0 aliphatic heterocycles. The topological polar surface area (TPSA) is 121 Å². The van der Waals surface area contributed by atoms with Gasteiger partial charge in [0.1, 0.15) is 0 Å². The molecule has 18 heavy (non-hydrogen) atoms. The first-order valence-electron chi connectivity index (χ1n) is 6.14. The molecule has 0 bridgehead atoms. The summed E-state index contributed by atoms with van der Waals surface area (Å²) in [5.41, 5.74) is 6.50. The van der Waals surface area contributed by atoms with Crippen molar-refractivity contribution in [3.05, 3.63) is 5.82 Å². The summed E-state index contributed by atoms with van der Waals surface area (Å²) in [6.45, 7) is 1.81. The average Bonchev–Trinajstić information content (AvgIpc) is 2.80. The number of carbonyl (C=O) groups is 1. The van der Waals surface area contributed by atoms with E-state index in [2.05, 4.69) is 20.6 Å². The molecule has 100 valence electrons. The number of ketones is 1. The molecule has 1 heterocycles. The Kier molecular flexibility index (Phi) is 6.13. The van der Waals surface area contributed by atoms with E-state index < -0.39 is 6.04 Å². The molecular formula is C11H20N6O. The minimum Gasteiger partial charge on any atom is -0.321 e. The Morgan fingerprint density at radius 2 is 2.22 bits per heavy atom. The fraction of sp³-hybridized carbons (Fsp3) is 0.727.